The number of amides is 1. The second-order valence-corrected chi connectivity index (χ2v) is 6.95. The molecule has 148 valence electrons. The van der Waals surface area contributed by atoms with Crippen molar-refractivity contribution in [2.24, 2.45) is 0 Å². The second kappa shape index (κ2) is 8.52. The third kappa shape index (κ3) is 4.06. The number of benzene rings is 2. The molecule has 0 saturated heterocycles. The average molecular weight is 450 g/mol. The predicted molar refractivity (Wildman–Crippen MR) is 107 cm³/mol. The number of carbonyl (C=O) groups excluding carboxylic acids is 2. The minimum atomic E-state index is -0.401. The molecule has 0 radical (unpaired) electrons. The molecule has 1 aliphatic heterocycles. The SMILES string of the molecule is CCCOc1c(Br)cc(C(=O)Nc2cc3c(cc2C(C)=O)OCO3)cc1OC. The van der Waals surface area contributed by atoms with Gasteiger partial charge in [-0.25, -0.2) is 0 Å². The third-order valence-corrected chi connectivity index (χ3v) is 4.67. The molecule has 0 bridgehead atoms. The van der Waals surface area contributed by atoms with Crippen LogP contribution >= 0.6 is 15.9 Å². The van der Waals surface area contributed by atoms with Crippen LogP contribution in [0.3, 0.4) is 0 Å². The van der Waals surface area contributed by atoms with Crippen LogP contribution in [0.25, 0.3) is 0 Å². The van der Waals surface area contributed by atoms with E-state index in [0.717, 1.165) is 6.42 Å². The summed E-state index contributed by atoms with van der Waals surface area (Å²) in [7, 11) is 1.51. The fraction of sp³-hybridized carbons (Fsp3) is 0.300. The summed E-state index contributed by atoms with van der Waals surface area (Å²) in [6.45, 7) is 4.03. The molecular formula is C20H20BrNO6. The lowest BCUT2D eigenvalue weighted by atomic mass is 10.1. The standard InChI is InChI=1S/C20H20BrNO6/c1-4-5-26-19-14(21)6-12(7-18(19)25-3)20(24)22-15-9-17-16(27-10-28-17)8-13(15)11(2)23/h6-9H,4-5,10H2,1-3H3,(H,22,24). The molecule has 28 heavy (non-hydrogen) atoms. The smallest absolute Gasteiger partial charge is 0.255 e. The number of ether oxygens (including phenoxy) is 4. The monoisotopic (exact) mass is 449 g/mol. The second-order valence-electron chi connectivity index (χ2n) is 6.10. The van der Waals surface area contributed by atoms with Crippen molar-refractivity contribution in [2.75, 3.05) is 25.8 Å². The van der Waals surface area contributed by atoms with E-state index < -0.39 is 5.91 Å². The Hall–Kier alpha value is -2.74. The third-order valence-electron chi connectivity index (χ3n) is 4.08. The van der Waals surface area contributed by atoms with Crippen LogP contribution in [0.4, 0.5) is 5.69 Å². The number of ketones is 1. The maximum atomic E-state index is 12.8. The molecule has 1 aliphatic rings. The number of rotatable bonds is 7. The Balaban J connectivity index is 1.91. The van der Waals surface area contributed by atoms with Gasteiger partial charge in [-0.05, 0) is 47.5 Å². The Kier molecular flexibility index (Phi) is 6.08. The first-order chi connectivity index (χ1) is 13.4. The van der Waals surface area contributed by atoms with E-state index in [9.17, 15) is 9.59 Å². The van der Waals surface area contributed by atoms with Crippen LogP contribution in [0.1, 0.15) is 41.0 Å². The normalized spacial score (nSPS) is 11.9. The summed E-state index contributed by atoms with van der Waals surface area (Å²) in [5.41, 5.74) is 1.04. The van der Waals surface area contributed by atoms with Gasteiger partial charge < -0.3 is 24.3 Å². The zero-order valence-corrected chi connectivity index (χ0v) is 17.3. The fourth-order valence-electron chi connectivity index (χ4n) is 2.73. The molecule has 0 aromatic heterocycles. The molecule has 2 aromatic carbocycles. The molecular weight excluding hydrogens is 430 g/mol. The Morgan fingerprint density at radius 2 is 1.89 bits per heavy atom. The van der Waals surface area contributed by atoms with Gasteiger partial charge in [-0.3, -0.25) is 9.59 Å². The fourth-order valence-corrected chi connectivity index (χ4v) is 3.28. The minimum absolute atomic E-state index is 0.0768. The van der Waals surface area contributed by atoms with E-state index in [2.05, 4.69) is 21.2 Å². The maximum absolute atomic E-state index is 12.8. The molecule has 0 spiro atoms. The number of nitrogens with one attached hydrogen (secondary N) is 1. The summed E-state index contributed by atoms with van der Waals surface area (Å²) in [6, 6.07) is 6.38. The van der Waals surface area contributed by atoms with Gasteiger partial charge >= 0.3 is 0 Å². The van der Waals surface area contributed by atoms with Gasteiger partial charge in [0.05, 0.1) is 23.9 Å². The predicted octanol–water partition coefficient (Wildman–Crippen LogP) is 4.43. The summed E-state index contributed by atoms with van der Waals surface area (Å²) in [5.74, 6) is 1.32. The zero-order chi connectivity index (χ0) is 20.3. The number of anilines is 1. The summed E-state index contributed by atoms with van der Waals surface area (Å²) >= 11 is 3.43. The van der Waals surface area contributed by atoms with Crippen LogP contribution in [0.15, 0.2) is 28.7 Å². The van der Waals surface area contributed by atoms with Crippen molar-refractivity contribution < 1.29 is 28.5 Å². The highest BCUT2D eigenvalue weighted by molar-refractivity contribution is 9.10. The number of halogens is 1. The molecule has 0 saturated carbocycles. The Bertz CT molecular complexity index is 927. The molecule has 3 rings (SSSR count). The van der Waals surface area contributed by atoms with E-state index in [1.807, 2.05) is 6.92 Å². The van der Waals surface area contributed by atoms with Crippen molar-refractivity contribution in [3.8, 4) is 23.0 Å². The number of fused-ring (bicyclic) bond motifs is 1. The highest BCUT2D eigenvalue weighted by Crippen LogP contribution is 2.39. The van der Waals surface area contributed by atoms with Crippen molar-refractivity contribution in [2.45, 2.75) is 20.3 Å². The Morgan fingerprint density at radius 1 is 1.18 bits per heavy atom. The lowest BCUT2D eigenvalue weighted by molar-refractivity contribution is 0.101. The largest absolute Gasteiger partial charge is 0.493 e. The zero-order valence-electron chi connectivity index (χ0n) is 15.8. The van der Waals surface area contributed by atoms with Crippen molar-refractivity contribution in [3.05, 3.63) is 39.9 Å². The van der Waals surface area contributed by atoms with Crippen molar-refractivity contribution in [1.82, 2.24) is 0 Å². The number of Topliss-reactive ketones (excluding diaryl/α,β-unsaturated/α-hetero) is 1. The molecule has 0 atom stereocenters. The number of methoxy groups -OCH3 is 1. The van der Waals surface area contributed by atoms with Gasteiger partial charge in [0.15, 0.2) is 28.8 Å². The van der Waals surface area contributed by atoms with Crippen molar-refractivity contribution in [1.29, 1.82) is 0 Å². The van der Waals surface area contributed by atoms with Gasteiger partial charge in [0.2, 0.25) is 6.79 Å². The number of carbonyl (C=O) groups is 2. The number of hydrogen-bond acceptors (Lipinski definition) is 6. The molecule has 1 amide bonds. The topological polar surface area (TPSA) is 83.1 Å². The van der Waals surface area contributed by atoms with Crippen LogP contribution < -0.4 is 24.3 Å². The summed E-state index contributed by atoms with van der Waals surface area (Å²) in [5, 5.41) is 2.77. The Labute approximate surface area is 171 Å². The van der Waals surface area contributed by atoms with Crippen LogP contribution in [-0.2, 0) is 0 Å². The molecule has 2 aromatic rings. The minimum Gasteiger partial charge on any atom is -0.493 e. The van der Waals surface area contributed by atoms with Gasteiger partial charge in [0, 0.05) is 17.2 Å². The summed E-state index contributed by atoms with van der Waals surface area (Å²) in [4.78, 5) is 24.8. The molecule has 0 unspecified atom stereocenters. The van der Waals surface area contributed by atoms with E-state index in [1.54, 1.807) is 24.3 Å². The first-order valence-electron chi connectivity index (χ1n) is 8.70. The lowest BCUT2D eigenvalue weighted by Gasteiger charge is -2.15. The van der Waals surface area contributed by atoms with E-state index in [1.165, 1.54) is 14.0 Å². The lowest BCUT2D eigenvalue weighted by Crippen LogP contribution is -2.15. The maximum Gasteiger partial charge on any atom is 0.255 e. The van der Waals surface area contributed by atoms with Gasteiger partial charge in [-0.15, -0.1) is 0 Å². The molecule has 0 fully saturated rings. The van der Waals surface area contributed by atoms with Crippen LogP contribution in [0.2, 0.25) is 0 Å². The van der Waals surface area contributed by atoms with E-state index >= 15 is 0 Å². The number of hydrogen-bond donors (Lipinski definition) is 1. The highest BCUT2D eigenvalue weighted by atomic mass is 79.9. The van der Waals surface area contributed by atoms with E-state index in [0.29, 0.717) is 50.9 Å². The van der Waals surface area contributed by atoms with Gasteiger partial charge in [-0.1, -0.05) is 6.92 Å². The van der Waals surface area contributed by atoms with Crippen molar-refractivity contribution in [3.63, 3.8) is 0 Å². The van der Waals surface area contributed by atoms with Crippen LogP contribution in [0.5, 0.6) is 23.0 Å². The van der Waals surface area contributed by atoms with Crippen LogP contribution in [-0.4, -0.2) is 32.2 Å². The Morgan fingerprint density at radius 3 is 2.54 bits per heavy atom. The van der Waals surface area contributed by atoms with Gasteiger partial charge in [0.1, 0.15) is 0 Å². The quantitative estimate of drug-likeness (QED) is 0.629. The molecule has 1 N–H and O–H groups in total. The van der Waals surface area contributed by atoms with Crippen LogP contribution in [0, 0.1) is 0 Å². The molecule has 0 aliphatic carbocycles. The van der Waals surface area contributed by atoms with Gasteiger partial charge in [-0.2, -0.15) is 0 Å². The first kappa shape index (κ1) is 20.0. The molecule has 1 heterocycles. The summed E-state index contributed by atoms with van der Waals surface area (Å²) in [6.07, 6.45) is 0.843. The molecule has 8 heteroatoms. The van der Waals surface area contributed by atoms with E-state index in [4.69, 9.17) is 18.9 Å². The highest BCUT2D eigenvalue weighted by Gasteiger charge is 2.22. The van der Waals surface area contributed by atoms with Gasteiger partial charge in [0.25, 0.3) is 5.91 Å². The molecule has 7 nitrogen and oxygen atoms in total. The average Bonchev–Trinajstić information content (AvgIpc) is 3.13. The first-order valence-corrected chi connectivity index (χ1v) is 9.50. The van der Waals surface area contributed by atoms with Crippen molar-refractivity contribution >= 4 is 33.3 Å². The summed E-state index contributed by atoms with van der Waals surface area (Å²) < 4.78 is 22.3. The van der Waals surface area contributed by atoms with E-state index in [-0.39, 0.29) is 12.6 Å².